The van der Waals surface area contributed by atoms with Crippen LogP contribution in [-0.4, -0.2) is 36.3 Å². The van der Waals surface area contributed by atoms with Gasteiger partial charge in [-0.1, -0.05) is 31.2 Å². The number of aromatic nitrogens is 2. The van der Waals surface area contributed by atoms with Gasteiger partial charge in [0.2, 0.25) is 0 Å². The van der Waals surface area contributed by atoms with Crippen LogP contribution < -0.4 is 10.2 Å². The third kappa shape index (κ3) is 3.74. The van der Waals surface area contributed by atoms with Gasteiger partial charge in [-0.3, -0.25) is 0 Å². The van der Waals surface area contributed by atoms with E-state index in [1.807, 2.05) is 6.07 Å². The summed E-state index contributed by atoms with van der Waals surface area (Å²) in [5.41, 5.74) is 2.61. The molecule has 3 rings (SSSR count). The van der Waals surface area contributed by atoms with Gasteiger partial charge in [-0.25, -0.2) is 9.97 Å². The minimum absolute atomic E-state index is 0.760. The number of aryl methyl sites for hydroxylation is 1. The molecule has 0 spiro atoms. The minimum atomic E-state index is 0.760. The SMILES string of the molecule is CCc1ccc(CNc2cc(N3CCOCC3)ncn2)cc1. The number of morpholine rings is 1. The van der Waals surface area contributed by atoms with E-state index in [0.29, 0.717) is 0 Å². The summed E-state index contributed by atoms with van der Waals surface area (Å²) in [4.78, 5) is 10.9. The molecular weight excluding hydrogens is 276 g/mol. The summed E-state index contributed by atoms with van der Waals surface area (Å²) in [7, 11) is 0. The van der Waals surface area contributed by atoms with Crippen LogP contribution in [0.3, 0.4) is 0 Å². The maximum absolute atomic E-state index is 5.37. The van der Waals surface area contributed by atoms with Gasteiger partial charge in [0.1, 0.15) is 18.0 Å². The summed E-state index contributed by atoms with van der Waals surface area (Å²) in [5, 5.41) is 3.37. The molecule has 0 bridgehead atoms. The second-order valence-electron chi connectivity index (χ2n) is 5.38. The van der Waals surface area contributed by atoms with Crippen molar-refractivity contribution in [2.45, 2.75) is 19.9 Å². The Balaban J connectivity index is 1.62. The fraction of sp³-hybridized carbons (Fsp3) is 0.412. The summed E-state index contributed by atoms with van der Waals surface area (Å²) in [6.07, 6.45) is 2.69. The first-order valence-corrected chi connectivity index (χ1v) is 7.81. The molecule has 1 fully saturated rings. The molecule has 1 aliphatic rings. The average Bonchev–Trinajstić information content (AvgIpc) is 2.61. The van der Waals surface area contributed by atoms with Crippen molar-refractivity contribution < 1.29 is 4.74 Å². The quantitative estimate of drug-likeness (QED) is 0.919. The molecule has 5 heteroatoms. The number of rotatable bonds is 5. The van der Waals surface area contributed by atoms with E-state index in [1.54, 1.807) is 6.33 Å². The molecule has 0 radical (unpaired) electrons. The number of nitrogens with zero attached hydrogens (tertiary/aromatic N) is 3. The number of ether oxygens (including phenoxy) is 1. The Morgan fingerprint density at radius 2 is 1.82 bits per heavy atom. The van der Waals surface area contributed by atoms with Crippen molar-refractivity contribution in [1.82, 2.24) is 9.97 Å². The van der Waals surface area contributed by atoms with Crippen LogP contribution in [0.2, 0.25) is 0 Å². The summed E-state index contributed by atoms with van der Waals surface area (Å²) >= 11 is 0. The van der Waals surface area contributed by atoms with E-state index in [9.17, 15) is 0 Å². The van der Waals surface area contributed by atoms with Gasteiger partial charge >= 0.3 is 0 Å². The van der Waals surface area contributed by atoms with Crippen molar-refractivity contribution in [3.05, 3.63) is 47.8 Å². The lowest BCUT2D eigenvalue weighted by molar-refractivity contribution is 0.122. The van der Waals surface area contributed by atoms with Crippen LogP contribution >= 0.6 is 0 Å². The van der Waals surface area contributed by atoms with Crippen LogP contribution in [0.25, 0.3) is 0 Å². The van der Waals surface area contributed by atoms with E-state index in [0.717, 1.165) is 50.9 Å². The fourth-order valence-electron chi connectivity index (χ4n) is 2.49. The molecule has 5 nitrogen and oxygen atoms in total. The maximum atomic E-state index is 5.37. The van der Waals surface area contributed by atoms with Gasteiger partial charge in [0.25, 0.3) is 0 Å². The zero-order valence-corrected chi connectivity index (χ0v) is 13.0. The lowest BCUT2D eigenvalue weighted by Crippen LogP contribution is -2.36. The number of benzene rings is 1. The van der Waals surface area contributed by atoms with Gasteiger partial charge < -0.3 is 15.0 Å². The molecule has 1 N–H and O–H groups in total. The number of hydrogen-bond acceptors (Lipinski definition) is 5. The Bertz CT molecular complexity index is 594. The lowest BCUT2D eigenvalue weighted by Gasteiger charge is -2.27. The van der Waals surface area contributed by atoms with Gasteiger partial charge in [0, 0.05) is 25.7 Å². The Kier molecular flexibility index (Phi) is 4.85. The second-order valence-corrected chi connectivity index (χ2v) is 5.38. The normalized spacial score (nSPS) is 14.9. The lowest BCUT2D eigenvalue weighted by atomic mass is 10.1. The van der Waals surface area contributed by atoms with Gasteiger partial charge in [-0.05, 0) is 17.5 Å². The Morgan fingerprint density at radius 3 is 2.55 bits per heavy atom. The van der Waals surface area contributed by atoms with Gasteiger partial charge in [0.15, 0.2) is 0 Å². The molecule has 116 valence electrons. The number of anilines is 2. The van der Waals surface area contributed by atoms with Crippen LogP contribution in [0.5, 0.6) is 0 Å². The van der Waals surface area contributed by atoms with E-state index in [2.05, 4.69) is 51.4 Å². The van der Waals surface area contributed by atoms with E-state index < -0.39 is 0 Å². The summed E-state index contributed by atoms with van der Waals surface area (Å²) in [6, 6.07) is 10.7. The number of hydrogen-bond donors (Lipinski definition) is 1. The van der Waals surface area contributed by atoms with Crippen molar-refractivity contribution in [1.29, 1.82) is 0 Å². The van der Waals surface area contributed by atoms with Crippen LogP contribution in [0.1, 0.15) is 18.1 Å². The molecule has 0 saturated carbocycles. The Hall–Kier alpha value is -2.14. The van der Waals surface area contributed by atoms with Crippen molar-refractivity contribution in [3.63, 3.8) is 0 Å². The summed E-state index contributed by atoms with van der Waals surface area (Å²) in [6.45, 7) is 6.22. The summed E-state index contributed by atoms with van der Waals surface area (Å²) in [5.74, 6) is 1.82. The highest BCUT2D eigenvalue weighted by Crippen LogP contribution is 2.16. The van der Waals surface area contributed by atoms with Gasteiger partial charge in [-0.15, -0.1) is 0 Å². The van der Waals surface area contributed by atoms with Crippen molar-refractivity contribution >= 4 is 11.6 Å². The van der Waals surface area contributed by atoms with E-state index in [4.69, 9.17) is 4.74 Å². The monoisotopic (exact) mass is 298 g/mol. The molecule has 1 saturated heterocycles. The highest BCUT2D eigenvalue weighted by molar-refractivity contribution is 5.49. The van der Waals surface area contributed by atoms with Gasteiger partial charge in [0.05, 0.1) is 13.2 Å². The van der Waals surface area contributed by atoms with Gasteiger partial charge in [-0.2, -0.15) is 0 Å². The number of nitrogens with one attached hydrogen (secondary N) is 1. The van der Waals surface area contributed by atoms with E-state index in [1.165, 1.54) is 11.1 Å². The molecule has 22 heavy (non-hydrogen) atoms. The first kappa shape index (κ1) is 14.8. The third-order valence-electron chi connectivity index (χ3n) is 3.89. The molecule has 1 aromatic heterocycles. The Labute approximate surface area is 131 Å². The highest BCUT2D eigenvalue weighted by atomic mass is 16.5. The summed E-state index contributed by atoms with van der Waals surface area (Å²) < 4.78 is 5.37. The molecule has 0 aliphatic carbocycles. The first-order valence-electron chi connectivity index (χ1n) is 7.81. The molecule has 1 aliphatic heterocycles. The molecule has 0 unspecified atom stereocenters. The van der Waals surface area contributed by atoms with Crippen molar-refractivity contribution in [2.24, 2.45) is 0 Å². The molecule has 0 amide bonds. The van der Waals surface area contributed by atoms with E-state index >= 15 is 0 Å². The largest absolute Gasteiger partial charge is 0.378 e. The smallest absolute Gasteiger partial charge is 0.134 e. The van der Waals surface area contributed by atoms with Crippen LogP contribution in [0, 0.1) is 0 Å². The minimum Gasteiger partial charge on any atom is -0.378 e. The standard InChI is InChI=1S/C17H22N4O/c1-2-14-3-5-15(6-4-14)12-18-16-11-17(20-13-19-16)21-7-9-22-10-8-21/h3-6,11,13H,2,7-10,12H2,1H3,(H,18,19,20). The second kappa shape index (κ2) is 7.22. The molecule has 1 aromatic carbocycles. The highest BCUT2D eigenvalue weighted by Gasteiger charge is 2.12. The maximum Gasteiger partial charge on any atom is 0.134 e. The molecule has 0 atom stereocenters. The van der Waals surface area contributed by atoms with E-state index in [-0.39, 0.29) is 0 Å². The molecular formula is C17H22N4O. The van der Waals surface area contributed by atoms with Crippen LogP contribution in [-0.2, 0) is 17.7 Å². The predicted octanol–water partition coefficient (Wildman–Crippen LogP) is 2.49. The third-order valence-corrected chi connectivity index (χ3v) is 3.89. The first-order chi connectivity index (χ1) is 10.8. The topological polar surface area (TPSA) is 50.3 Å². The fourth-order valence-corrected chi connectivity index (χ4v) is 2.49. The average molecular weight is 298 g/mol. The molecule has 2 aromatic rings. The molecule has 2 heterocycles. The van der Waals surface area contributed by atoms with Crippen molar-refractivity contribution in [3.8, 4) is 0 Å². The zero-order chi connectivity index (χ0) is 15.2. The zero-order valence-electron chi connectivity index (χ0n) is 13.0. The Morgan fingerprint density at radius 1 is 1.09 bits per heavy atom. The predicted molar refractivity (Wildman–Crippen MR) is 88.2 cm³/mol. The van der Waals surface area contributed by atoms with Crippen LogP contribution in [0.4, 0.5) is 11.6 Å². The van der Waals surface area contributed by atoms with Crippen molar-refractivity contribution in [2.75, 3.05) is 36.5 Å². The van der Waals surface area contributed by atoms with Crippen LogP contribution in [0.15, 0.2) is 36.7 Å².